The second kappa shape index (κ2) is 8.83. The van der Waals surface area contributed by atoms with Crippen LogP contribution in [0.4, 0.5) is 15.8 Å². The molecule has 0 unspecified atom stereocenters. The standard InChI is InChI=1S/C14H20FN3O4/c1-9(20)22-11(7-14(16)21)8-18-10-2-3-13(12(15)6-10)17-4-5-19/h2-3,6,11,17-19H,4-5,7-8H2,1H3,(H2,16,21)/t11-/m0/s1. The molecule has 1 rings (SSSR count). The van der Waals surface area contributed by atoms with Crippen molar-refractivity contribution in [3.05, 3.63) is 24.0 Å². The summed E-state index contributed by atoms with van der Waals surface area (Å²) in [4.78, 5) is 21.9. The quantitative estimate of drug-likeness (QED) is 0.492. The molecular weight excluding hydrogens is 293 g/mol. The number of hydrogen-bond donors (Lipinski definition) is 4. The highest BCUT2D eigenvalue weighted by Gasteiger charge is 2.15. The van der Waals surface area contributed by atoms with E-state index in [-0.39, 0.29) is 31.8 Å². The molecule has 1 aromatic carbocycles. The van der Waals surface area contributed by atoms with Crippen LogP contribution < -0.4 is 16.4 Å². The molecule has 0 aliphatic rings. The summed E-state index contributed by atoms with van der Waals surface area (Å²) in [7, 11) is 0. The fraction of sp³-hybridized carbons (Fsp3) is 0.429. The van der Waals surface area contributed by atoms with Crippen LogP contribution in [0.3, 0.4) is 0 Å². The van der Waals surface area contributed by atoms with Crippen molar-refractivity contribution in [2.45, 2.75) is 19.4 Å². The van der Waals surface area contributed by atoms with Crippen LogP contribution >= 0.6 is 0 Å². The molecule has 8 heteroatoms. The van der Waals surface area contributed by atoms with Gasteiger partial charge in [0.2, 0.25) is 5.91 Å². The molecule has 122 valence electrons. The van der Waals surface area contributed by atoms with Gasteiger partial charge in [0.15, 0.2) is 0 Å². The van der Waals surface area contributed by atoms with Gasteiger partial charge in [0.05, 0.1) is 25.3 Å². The van der Waals surface area contributed by atoms with Crippen LogP contribution in [-0.2, 0) is 14.3 Å². The van der Waals surface area contributed by atoms with Crippen molar-refractivity contribution in [2.24, 2.45) is 5.73 Å². The van der Waals surface area contributed by atoms with E-state index in [1.54, 1.807) is 6.07 Å². The van der Waals surface area contributed by atoms with Crippen LogP contribution in [0.5, 0.6) is 0 Å². The first-order valence-corrected chi connectivity index (χ1v) is 6.76. The fourth-order valence-electron chi connectivity index (χ4n) is 1.81. The van der Waals surface area contributed by atoms with Gasteiger partial charge in [-0.25, -0.2) is 4.39 Å². The molecule has 1 aromatic rings. The minimum Gasteiger partial charge on any atom is -0.460 e. The molecule has 0 aliphatic carbocycles. The number of nitrogens with two attached hydrogens (primary N) is 1. The predicted octanol–water partition coefficient (Wildman–Crippen LogP) is 0.449. The van der Waals surface area contributed by atoms with Crippen molar-refractivity contribution >= 4 is 23.3 Å². The molecule has 22 heavy (non-hydrogen) atoms. The number of carbonyl (C=O) groups is 2. The number of aliphatic hydroxyl groups is 1. The molecule has 5 N–H and O–H groups in total. The lowest BCUT2D eigenvalue weighted by Crippen LogP contribution is -2.30. The summed E-state index contributed by atoms with van der Waals surface area (Å²) in [6.07, 6.45) is -0.837. The Labute approximate surface area is 127 Å². The van der Waals surface area contributed by atoms with E-state index in [0.717, 1.165) is 0 Å². The van der Waals surface area contributed by atoms with Crippen LogP contribution in [0.25, 0.3) is 0 Å². The lowest BCUT2D eigenvalue weighted by Gasteiger charge is -2.17. The van der Waals surface area contributed by atoms with E-state index in [1.165, 1.54) is 19.1 Å². The van der Waals surface area contributed by atoms with Gasteiger partial charge in [-0.1, -0.05) is 0 Å². The highest BCUT2D eigenvalue weighted by Crippen LogP contribution is 2.19. The highest BCUT2D eigenvalue weighted by atomic mass is 19.1. The van der Waals surface area contributed by atoms with E-state index in [2.05, 4.69) is 10.6 Å². The first-order chi connectivity index (χ1) is 10.4. The van der Waals surface area contributed by atoms with Crippen LogP contribution in [0.2, 0.25) is 0 Å². The van der Waals surface area contributed by atoms with E-state index < -0.39 is 23.8 Å². The van der Waals surface area contributed by atoms with Crippen molar-refractivity contribution in [2.75, 3.05) is 30.3 Å². The topological polar surface area (TPSA) is 114 Å². The first-order valence-electron chi connectivity index (χ1n) is 6.76. The van der Waals surface area contributed by atoms with Crippen LogP contribution in [0.1, 0.15) is 13.3 Å². The molecule has 0 radical (unpaired) electrons. The zero-order valence-electron chi connectivity index (χ0n) is 12.3. The summed E-state index contributed by atoms with van der Waals surface area (Å²) in [6.45, 7) is 1.51. The Kier molecular flexibility index (Phi) is 7.11. The van der Waals surface area contributed by atoms with Crippen LogP contribution in [0, 0.1) is 5.82 Å². The number of carbonyl (C=O) groups excluding carboxylic acids is 2. The molecule has 0 spiro atoms. The predicted molar refractivity (Wildman–Crippen MR) is 79.8 cm³/mol. The van der Waals surface area contributed by atoms with Crippen molar-refractivity contribution in [1.82, 2.24) is 0 Å². The number of halogens is 1. The normalized spacial score (nSPS) is 11.6. The van der Waals surface area contributed by atoms with Gasteiger partial charge in [-0.3, -0.25) is 9.59 Å². The number of hydrogen-bond acceptors (Lipinski definition) is 6. The second-order valence-electron chi connectivity index (χ2n) is 4.63. The summed E-state index contributed by atoms with van der Waals surface area (Å²) in [5.41, 5.74) is 5.82. The van der Waals surface area contributed by atoms with Crippen molar-refractivity contribution in [1.29, 1.82) is 0 Å². The molecular formula is C14H20FN3O4. The van der Waals surface area contributed by atoms with Crippen LogP contribution in [0.15, 0.2) is 18.2 Å². The van der Waals surface area contributed by atoms with Crippen molar-refractivity contribution < 1.29 is 23.8 Å². The Morgan fingerprint density at radius 2 is 2.14 bits per heavy atom. The minimum absolute atomic E-state index is 0.101. The zero-order valence-corrected chi connectivity index (χ0v) is 12.3. The lowest BCUT2D eigenvalue weighted by molar-refractivity contribution is -0.146. The summed E-state index contributed by atoms with van der Waals surface area (Å²) >= 11 is 0. The number of nitrogens with one attached hydrogen (secondary N) is 2. The van der Waals surface area contributed by atoms with Gasteiger partial charge in [-0.2, -0.15) is 0 Å². The Hall–Kier alpha value is -2.35. The second-order valence-corrected chi connectivity index (χ2v) is 4.63. The van der Waals surface area contributed by atoms with Gasteiger partial charge in [-0.05, 0) is 18.2 Å². The third kappa shape index (κ3) is 6.40. The summed E-state index contributed by atoms with van der Waals surface area (Å²) in [6, 6.07) is 4.40. The molecule has 0 heterocycles. The van der Waals surface area contributed by atoms with Gasteiger partial charge in [0, 0.05) is 19.2 Å². The average molecular weight is 313 g/mol. The number of esters is 1. The maximum Gasteiger partial charge on any atom is 0.302 e. The number of rotatable bonds is 9. The van der Waals surface area contributed by atoms with E-state index >= 15 is 0 Å². The number of amides is 1. The summed E-state index contributed by atoms with van der Waals surface area (Å²) < 4.78 is 18.7. The molecule has 7 nitrogen and oxygen atoms in total. The third-order valence-electron chi connectivity index (χ3n) is 2.69. The molecule has 0 aromatic heterocycles. The SMILES string of the molecule is CC(=O)O[C@H](CNc1ccc(NCCO)c(F)c1)CC(N)=O. The first kappa shape index (κ1) is 17.7. The van der Waals surface area contributed by atoms with Gasteiger partial charge >= 0.3 is 5.97 Å². The molecule has 0 bridgehead atoms. The van der Waals surface area contributed by atoms with Crippen LogP contribution in [-0.4, -0.2) is 42.8 Å². The largest absolute Gasteiger partial charge is 0.460 e. The Morgan fingerprint density at radius 1 is 1.41 bits per heavy atom. The lowest BCUT2D eigenvalue weighted by atomic mass is 10.2. The molecule has 0 aliphatic heterocycles. The maximum atomic E-state index is 13.8. The van der Waals surface area contributed by atoms with Gasteiger partial charge in [0.1, 0.15) is 11.9 Å². The van der Waals surface area contributed by atoms with Gasteiger partial charge in [0.25, 0.3) is 0 Å². The van der Waals surface area contributed by atoms with E-state index in [9.17, 15) is 14.0 Å². The van der Waals surface area contributed by atoms with Gasteiger partial charge < -0.3 is 26.2 Å². The average Bonchev–Trinajstić information content (AvgIpc) is 2.42. The monoisotopic (exact) mass is 313 g/mol. The molecule has 0 saturated carbocycles. The van der Waals surface area contributed by atoms with Crippen molar-refractivity contribution in [3.8, 4) is 0 Å². The number of primary amides is 1. The van der Waals surface area contributed by atoms with Gasteiger partial charge in [-0.15, -0.1) is 0 Å². The molecule has 1 amide bonds. The number of ether oxygens (including phenoxy) is 1. The third-order valence-corrected chi connectivity index (χ3v) is 2.69. The summed E-state index contributed by atoms with van der Waals surface area (Å²) in [5, 5.41) is 14.3. The smallest absolute Gasteiger partial charge is 0.302 e. The Morgan fingerprint density at radius 3 is 2.68 bits per heavy atom. The number of benzene rings is 1. The maximum absolute atomic E-state index is 13.8. The molecule has 0 fully saturated rings. The zero-order chi connectivity index (χ0) is 16.5. The Balaban J connectivity index is 2.62. The molecule has 1 atom stereocenters. The van der Waals surface area contributed by atoms with Crippen molar-refractivity contribution in [3.63, 3.8) is 0 Å². The highest BCUT2D eigenvalue weighted by molar-refractivity contribution is 5.75. The minimum atomic E-state index is -0.717. The van der Waals surface area contributed by atoms with E-state index in [0.29, 0.717) is 5.69 Å². The Bertz CT molecular complexity index is 509. The summed E-state index contributed by atoms with van der Waals surface area (Å²) in [5.74, 6) is -1.61. The van der Waals surface area contributed by atoms with E-state index in [1.807, 2.05) is 0 Å². The fourth-order valence-corrected chi connectivity index (χ4v) is 1.81. The number of anilines is 2. The molecule has 0 saturated heterocycles. The number of aliphatic hydroxyl groups excluding tert-OH is 1. The van der Waals surface area contributed by atoms with E-state index in [4.69, 9.17) is 15.6 Å².